The summed E-state index contributed by atoms with van der Waals surface area (Å²) in [6.07, 6.45) is 3.68. The maximum absolute atomic E-state index is 12.9. The highest BCUT2D eigenvalue weighted by Gasteiger charge is 2.23. The lowest BCUT2D eigenvalue weighted by Crippen LogP contribution is -2.24. The van der Waals surface area contributed by atoms with Gasteiger partial charge in [0.1, 0.15) is 5.00 Å². The lowest BCUT2D eigenvalue weighted by atomic mass is 10.1. The number of aromatic nitrogens is 1. The number of nitrogens with one attached hydrogen (secondary N) is 1. The number of amides is 1. The number of hydrogen-bond donors (Lipinski definition) is 1. The van der Waals surface area contributed by atoms with Crippen molar-refractivity contribution in [3.8, 4) is 11.3 Å². The Kier molecular flexibility index (Phi) is 6.24. The van der Waals surface area contributed by atoms with E-state index in [1.807, 2.05) is 30.3 Å². The molecule has 33 heavy (non-hydrogen) atoms. The minimum Gasteiger partial charge on any atom is -0.459 e. The Morgan fingerprint density at radius 1 is 1.12 bits per heavy atom. The molecule has 1 aliphatic heterocycles. The number of carbonyl (C=O) groups excluding carboxylic acids is 1. The van der Waals surface area contributed by atoms with Crippen LogP contribution in [0.2, 0.25) is 0 Å². The number of anilines is 1. The van der Waals surface area contributed by atoms with Gasteiger partial charge in [-0.25, -0.2) is 4.99 Å². The van der Waals surface area contributed by atoms with E-state index in [1.165, 1.54) is 23.2 Å². The molecule has 0 saturated carbocycles. The predicted octanol–water partition coefficient (Wildman–Crippen LogP) is 5.78. The molecule has 2 aromatic carbocycles. The van der Waals surface area contributed by atoms with Gasteiger partial charge in [0.2, 0.25) is 0 Å². The molecule has 1 atom stereocenters. The molecule has 0 bridgehead atoms. The van der Waals surface area contributed by atoms with Crippen LogP contribution in [0.3, 0.4) is 0 Å². The van der Waals surface area contributed by atoms with Crippen molar-refractivity contribution in [3.05, 3.63) is 89.1 Å². The number of rotatable bonds is 6. The second-order valence-corrected chi connectivity index (χ2v) is 9.03. The van der Waals surface area contributed by atoms with Gasteiger partial charge < -0.3 is 19.0 Å². The normalized spacial score (nSPS) is 16.3. The molecule has 1 amide bonds. The van der Waals surface area contributed by atoms with Crippen molar-refractivity contribution in [3.63, 3.8) is 0 Å². The number of benzene rings is 2. The summed E-state index contributed by atoms with van der Waals surface area (Å²) in [6.45, 7) is 3.51. The fourth-order valence-corrected chi connectivity index (χ4v) is 5.00. The number of hydrogen-bond acceptors (Lipinski definition) is 5. The van der Waals surface area contributed by atoms with Gasteiger partial charge in [-0.1, -0.05) is 59.4 Å². The van der Waals surface area contributed by atoms with Crippen LogP contribution in [0, 0.1) is 6.92 Å². The van der Waals surface area contributed by atoms with Gasteiger partial charge in [0, 0.05) is 12.2 Å². The summed E-state index contributed by atoms with van der Waals surface area (Å²) in [6, 6.07) is 21.5. The van der Waals surface area contributed by atoms with Gasteiger partial charge in [-0.2, -0.15) is 0 Å². The van der Waals surface area contributed by atoms with Gasteiger partial charge in [-0.15, -0.1) is 0 Å². The van der Waals surface area contributed by atoms with Crippen molar-refractivity contribution >= 4 is 27.9 Å². The van der Waals surface area contributed by atoms with Crippen molar-refractivity contribution in [2.24, 2.45) is 4.99 Å². The monoisotopic (exact) mass is 459 g/mol. The van der Waals surface area contributed by atoms with Gasteiger partial charge in [-0.05, 0) is 44.0 Å². The van der Waals surface area contributed by atoms with Crippen LogP contribution in [-0.2, 0) is 11.3 Å². The SMILES string of the molecule is Cc1ccc(-c2c(NC(=O)c3ccco3)sc(=Nc3ccccc3)n2C[C@@H]2CCCO2)cc1. The van der Waals surface area contributed by atoms with E-state index in [0.717, 1.165) is 46.2 Å². The molecule has 0 radical (unpaired) electrons. The van der Waals surface area contributed by atoms with Gasteiger partial charge in [-0.3, -0.25) is 4.79 Å². The van der Waals surface area contributed by atoms with Gasteiger partial charge in [0.05, 0.1) is 30.3 Å². The molecular formula is C26H25N3O3S. The van der Waals surface area contributed by atoms with Crippen LogP contribution in [0.1, 0.15) is 29.0 Å². The minimum atomic E-state index is -0.287. The van der Waals surface area contributed by atoms with Crippen LogP contribution in [0.4, 0.5) is 10.7 Å². The van der Waals surface area contributed by atoms with Gasteiger partial charge >= 0.3 is 0 Å². The van der Waals surface area contributed by atoms with E-state index in [2.05, 4.69) is 41.1 Å². The number of ether oxygens (including phenoxy) is 1. The molecule has 5 rings (SSSR count). The fourth-order valence-electron chi connectivity index (χ4n) is 3.93. The van der Waals surface area contributed by atoms with Crippen LogP contribution in [0.15, 0.2) is 82.4 Å². The molecule has 1 aliphatic rings. The highest BCUT2D eigenvalue weighted by molar-refractivity contribution is 7.14. The van der Waals surface area contributed by atoms with Crippen molar-refractivity contribution in [2.45, 2.75) is 32.4 Å². The number of para-hydroxylation sites is 1. The highest BCUT2D eigenvalue weighted by Crippen LogP contribution is 2.33. The zero-order valence-electron chi connectivity index (χ0n) is 18.4. The molecule has 168 valence electrons. The van der Waals surface area contributed by atoms with E-state index in [-0.39, 0.29) is 17.8 Å². The summed E-state index contributed by atoms with van der Waals surface area (Å²) in [4.78, 5) is 18.6. The van der Waals surface area contributed by atoms with E-state index < -0.39 is 0 Å². The van der Waals surface area contributed by atoms with E-state index in [4.69, 9.17) is 14.1 Å². The first-order valence-electron chi connectivity index (χ1n) is 11.0. The van der Waals surface area contributed by atoms with Gasteiger partial charge in [0.25, 0.3) is 5.91 Å². The minimum absolute atomic E-state index is 0.118. The van der Waals surface area contributed by atoms with E-state index in [0.29, 0.717) is 6.54 Å². The second-order valence-electron chi connectivity index (χ2n) is 8.05. The Morgan fingerprint density at radius 3 is 2.64 bits per heavy atom. The number of carbonyl (C=O) groups is 1. The zero-order chi connectivity index (χ0) is 22.6. The first-order chi connectivity index (χ1) is 16.2. The lowest BCUT2D eigenvalue weighted by molar-refractivity contribution is 0.0968. The van der Waals surface area contributed by atoms with E-state index in [1.54, 1.807) is 12.1 Å². The molecule has 2 aromatic heterocycles. The molecule has 0 spiro atoms. The van der Waals surface area contributed by atoms with Crippen molar-refractivity contribution in [1.29, 1.82) is 0 Å². The number of furan rings is 1. The van der Waals surface area contributed by atoms with Crippen LogP contribution < -0.4 is 10.1 Å². The number of nitrogens with zero attached hydrogens (tertiary/aromatic N) is 2. The van der Waals surface area contributed by atoms with Crippen LogP contribution in [0.25, 0.3) is 11.3 Å². The largest absolute Gasteiger partial charge is 0.459 e. The summed E-state index contributed by atoms with van der Waals surface area (Å²) in [5.41, 5.74) is 3.97. The molecule has 0 unspecified atom stereocenters. The molecule has 1 N–H and O–H groups in total. The van der Waals surface area contributed by atoms with Crippen molar-refractivity contribution in [1.82, 2.24) is 4.57 Å². The lowest BCUT2D eigenvalue weighted by Gasteiger charge is -2.15. The molecule has 4 aromatic rings. The second kappa shape index (κ2) is 9.60. The summed E-state index contributed by atoms with van der Waals surface area (Å²) in [5.74, 6) is -0.0179. The first kappa shape index (κ1) is 21.4. The maximum atomic E-state index is 12.9. The summed E-state index contributed by atoms with van der Waals surface area (Å²) in [5, 5.41) is 3.79. The molecule has 3 heterocycles. The van der Waals surface area contributed by atoms with Gasteiger partial charge in [0.15, 0.2) is 10.6 Å². The Hall–Kier alpha value is -3.42. The summed E-state index contributed by atoms with van der Waals surface area (Å²) >= 11 is 1.46. The Balaban J connectivity index is 1.67. The third-order valence-electron chi connectivity index (χ3n) is 5.60. The molecule has 0 aliphatic carbocycles. The molecule has 1 saturated heterocycles. The first-order valence-corrected chi connectivity index (χ1v) is 11.9. The van der Waals surface area contributed by atoms with Crippen molar-refractivity contribution in [2.75, 3.05) is 11.9 Å². The predicted molar refractivity (Wildman–Crippen MR) is 130 cm³/mol. The van der Waals surface area contributed by atoms with Crippen LogP contribution in [-0.4, -0.2) is 23.2 Å². The fraction of sp³-hybridized carbons (Fsp3) is 0.231. The smallest absolute Gasteiger partial charge is 0.292 e. The Labute approximate surface area is 196 Å². The average molecular weight is 460 g/mol. The van der Waals surface area contributed by atoms with Crippen molar-refractivity contribution < 1.29 is 13.9 Å². The third-order valence-corrected chi connectivity index (χ3v) is 6.59. The van der Waals surface area contributed by atoms with Crippen LogP contribution in [0.5, 0.6) is 0 Å². The maximum Gasteiger partial charge on any atom is 0.292 e. The zero-order valence-corrected chi connectivity index (χ0v) is 19.2. The quantitative estimate of drug-likeness (QED) is 0.397. The Bertz CT molecular complexity index is 1280. The molecule has 7 heteroatoms. The standard InChI is InChI=1S/C26H25N3O3S/c1-18-11-13-19(14-12-18)23-25(28-24(30)22-10-6-16-32-22)33-26(27-20-7-3-2-4-8-20)29(23)17-21-9-5-15-31-21/h2-4,6-8,10-14,16,21H,5,9,15,17H2,1H3,(H,28,30)/t21-/m0/s1. The summed E-state index contributed by atoms with van der Waals surface area (Å²) in [7, 11) is 0. The third kappa shape index (κ3) is 4.84. The number of aryl methyl sites for hydroxylation is 1. The molecular weight excluding hydrogens is 434 g/mol. The number of thiazole rings is 1. The van der Waals surface area contributed by atoms with Crippen LogP contribution >= 0.6 is 11.3 Å². The average Bonchev–Trinajstić information content (AvgIpc) is 3.59. The Morgan fingerprint density at radius 2 is 1.94 bits per heavy atom. The summed E-state index contributed by atoms with van der Waals surface area (Å²) < 4.78 is 13.4. The highest BCUT2D eigenvalue weighted by atomic mass is 32.1. The molecule has 1 fully saturated rings. The topological polar surface area (TPSA) is 68.8 Å². The van der Waals surface area contributed by atoms with E-state index in [9.17, 15) is 4.79 Å². The molecule has 6 nitrogen and oxygen atoms in total. The van der Waals surface area contributed by atoms with E-state index >= 15 is 0 Å².